The number of halogens is 1. The van der Waals surface area contributed by atoms with Gasteiger partial charge in [0.05, 0.1) is 3.79 Å². The summed E-state index contributed by atoms with van der Waals surface area (Å²) in [5.41, 5.74) is 7.98. The number of rotatable bonds is 5. The van der Waals surface area contributed by atoms with Crippen molar-refractivity contribution in [2.45, 2.75) is 50.6 Å². The van der Waals surface area contributed by atoms with Crippen LogP contribution in [0.3, 0.4) is 0 Å². The maximum atomic E-state index is 6.47. The molecule has 2 rings (SSSR count). The molecular formula is C14H23BrN2S. The molecule has 0 amide bonds. The first kappa shape index (κ1) is 14.5. The molecule has 1 aromatic heterocycles. The molecule has 1 aromatic rings. The molecule has 18 heavy (non-hydrogen) atoms. The molecule has 0 unspecified atom stereocenters. The second-order valence-electron chi connectivity index (χ2n) is 5.67. The van der Waals surface area contributed by atoms with Gasteiger partial charge in [-0.25, -0.2) is 0 Å². The molecule has 1 heterocycles. The van der Waals surface area contributed by atoms with Crippen LogP contribution in [0.2, 0.25) is 0 Å². The van der Waals surface area contributed by atoms with Gasteiger partial charge in [0.25, 0.3) is 0 Å². The second-order valence-corrected chi connectivity index (χ2v) is 7.96. The van der Waals surface area contributed by atoms with Gasteiger partial charge in [-0.1, -0.05) is 19.3 Å². The lowest BCUT2D eigenvalue weighted by atomic mass is 9.80. The van der Waals surface area contributed by atoms with Crippen LogP contribution in [0, 0.1) is 0 Å². The minimum atomic E-state index is 0.113. The monoisotopic (exact) mass is 330 g/mol. The highest BCUT2D eigenvalue weighted by Gasteiger charge is 2.27. The van der Waals surface area contributed by atoms with Crippen molar-refractivity contribution in [1.82, 2.24) is 4.90 Å². The van der Waals surface area contributed by atoms with Crippen molar-refractivity contribution in [2.75, 3.05) is 13.6 Å². The maximum absolute atomic E-state index is 6.47. The van der Waals surface area contributed by atoms with E-state index in [4.69, 9.17) is 5.73 Å². The Labute approximate surface area is 123 Å². The van der Waals surface area contributed by atoms with Gasteiger partial charge in [-0.2, -0.15) is 0 Å². The van der Waals surface area contributed by atoms with Crippen LogP contribution in [0.4, 0.5) is 0 Å². The molecule has 0 atom stereocenters. The zero-order valence-electron chi connectivity index (χ0n) is 11.1. The fraction of sp³-hybridized carbons (Fsp3) is 0.714. The highest BCUT2D eigenvalue weighted by atomic mass is 79.9. The Balaban J connectivity index is 1.75. The Morgan fingerprint density at radius 1 is 1.39 bits per heavy atom. The molecule has 1 aliphatic carbocycles. The van der Waals surface area contributed by atoms with Crippen LogP contribution in [0.5, 0.6) is 0 Å². The number of hydrogen-bond donors (Lipinski definition) is 1. The quantitative estimate of drug-likeness (QED) is 0.884. The maximum Gasteiger partial charge on any atom is 0.0701 e. The van der Waals surface area contributed by atoms with E-state index in [-0.39, 0.29) is 5.54 Å². The predicted molar refractivity (Wildman–Crippen MR) is 83.0 cm³/mol. The van der Waals surface area contributed by atoms with Crippen LogP contribution in [-0.4, -0.2) is 24.0 Å². The Hall–Kier alpha value is 0.100. The van der Waals surface area contributed by atoms with Crippen LogP contribution >= 0.6 is 27.3 Å². The van der Waals surface area contributed by atoms with Gasteiger partial charge < -0.3 is 10.6 Å². The molecule has 1 fully saturated rings. The third-order valence-corrected chi connectivity index (χ3v) is 5.47. The lowest BCUT2D eigenvalue weighted by molar-refractivity contribution is 0.226. The van der Waals surface area contributed by atoms with Crippen molar-refractivity contribution in [3.8, 4) is 0 Å². The molecule has 4 heteroatoms. The second kappa shape index (κ2) is 6.51. The van der Waals surface area contributed by atoms with Crippen LogP contribution in [0.25, 0.3) is 0 Å². The predicted octanol–water partition coefficient (Wildman–Crippen LogP) is 3.99. The fourth-order valence-corrected chi connectivity index (χ4v) is 3.94. The molecule has 102 valence electrons. The largest absolute Gasteiger partial charge is 0.325 e. The van der Waals surface area contributed by atoms with E-state index >= 15 is 0 Å². The van der Waals surface area contributed by atoms with E-state index in [2.05, 4.69) is 39.3 Å². The average Bonchev–Trinajstić information content (AvgIpc) is 2.73. The van der Waals surface area contributed by atoms with Crippen molar-refractivity contribution in [3.05, 3.63) is 20.8 Å². The number of thiophene rings is 1. The van der Waals surface area contributed by atoms with E-state index in [1.54, 1.807) is 11.3 Å². The summed E-state index contributed by atoms with van der Waals surface area (Å²) in [4.78, 5) is 2.39. The average molecular weight is 331 g/mol. The van der Waals surface area contributed by atoms with Crippen LogP contribution in [0.15, 0.2) is 15.2 Å². The molecule has 1 saturated carbocycles. The molecule has 0 saturated heterocycles. The molecule has 2 nitrogen and oxygen atoms in total. The van der Waals surface area contributed by atoms with Gasteiger partial charge in [0.2, 0.25) is 0 Å². The minimum absolute atomic E-state index is 0.113. The van der Waals surface area contributed by atoms with Gasteiger partial charge in [-0.15, -0.1) is 11.3 Å². The van der Waals surface area contributed by atoms with E-state index in [0.717, 1.165) is 19.5 Å². The molecule has 0 spiro atoms. The van der Waals surface area contributed by atoms with Crippen LogP contribution in [-0.2, 0) is 6.54 Å². The molecule has 2 N–H and O–H groups in total. The molecular weight excluding hydrogens is 308 g/mol. The molecule has 1 aliphatic rings. The van der Waals surface area contributed by atoms with Crippen molar-refractivity contribution in [1.29, 1.82) is 0 Å². The van der Waals surface area contributed by atoms with Gasteiger partial charge in [0.1, 0.15) is 0 Å². The zero-order chi connectivity index (χ0) is 13.0. The summed E-state index contributed by atoms with van der Waals surface area (Å²) in [6.07, 6.45) is 7.57. The summed E-state index contributed by atoms with van der Waals surface area (Å²) in [6, 6.07) is 2.21. The lowest BCUT2D eigenvalue weighted by Gasteiger charge is -2.34. The molecule has 0 aromatic carbocycles. The van der Waals surface area contributed by atoms with Crippen molar-refractivity contribution in [2.24, 2.45) is 5.73 Å². The highest BCUT2D eigenvalue weighted by molar-refractivity contribution is 9.11. The van der Waals surface area contributed by atoms with Gasteiger partial charge in [-0.3, -0.25) is 0 Å². The van der Waals surface area contributed by atoms with Crippen LogP contribution < -0.4 is 5.73 Å². The van der Waals surface area contributed by atoms with Gasteiger partial charge in [0.15, 0.2) is 0 Å². The first-order valence-electron chi connectivity index (χ1n) is 6.78. The van der Waals surface area contributed by atoms with Gasteiger partial charge in [-0.05, 0) is 65.8 Å². The van der Waals surface area contributed by atoms with E-state index in [1.807, 2.05) is 0 Å². The van der Waals surface area contributed by atoms with Gasteiger partial charge >= 0.3 is 0 Å². The highest BCUT2D eigenvalue weighted by Crippen LogP contribution is 2.29. The topological polar surface area (TPSA) is 29.3 Å². The van der Waals surface area contributed by atoms with Crippen LogP contribution in [0.1, 0.15) is 44.1 Å². The number of nitrogens with two attached hydrogens (primary N) is 1. The molecule has 0 aliphatic heterocycles. The molecule has 0 radical (unpaired) electrons. The standard InChI is InChI=1S/C14H23BrN2S/c1-17(10-12-9-13(15)18-11-12)8-7-14(16)5-3-2-4-6-14/h9,11H,2-8,10,16H2,1H3. The van der Waals surface area contributed by atoms with E-state index in [0.29, 0.717) is 0 Å². The summed E-state index contributed by atoms with van der Waals surface area (Å²) in [6.45, 7) is 2.13. The number of hydrogen-bond acceptors (Lipinski definition) is 3. The van der Waals surface area contributed by atoms with E-state index < -0.39 is 0 Å². The Kier molecular flexibility index (Phi) is 5.24. The summed E-state index contributed by atoms with van der Waals surface area (Å²) >= 11 is 5.27. The first-order chi connectivity index (χ1) is 8.57. The van der Waals surface area contributed by atoms with Crippen molar-refractivity contribution < 1.29 is 0 Å². The van der Waals surface area contributed by atoms with Gasteiger partial charge in [0, 0.05) is 12.1 Å². The third kappa shape index (κ3) is 4.34. The van der Waals surface area contributed by atoms with Crippen molar-refractivity contribution in [3.63, 3.8) is 0 Å². The van der Waals surface area contributed by atoms with E-state index in [9.17, 15) is 0 Å². The first-order valence-corrected chi connectivity index (χ1v) is 8.45. The summed E-state index contributed by atoms with van der Waals surface area (Å²) in [5, 5.41) is 2.22. The Morgan fingerprint density at radius 2 is 2.11 bits per heavy atom. The third-order valence-electron chi connectivity index (χ3n) is 3.92. The number of nitrogens with zero attached hydrogens (tertiary/aromatic N) is 1. The van der Waals surface area contributed by atoms with Crippen molar-refractivity contribution >= 4 is 27.3 Å². The smallest absolute Gasteiger partial charge is 0.0701 e. The normalized spacial score (nSPS) is 19.3. The zero-order valence-corrected chi connectivity index (χ0v) is 13.5. The Morgan fingerprint density at radius 3 is 2.72 bits per heavy atom. The minimum Gasteiger partial charge on any atom is -0.325 e. The summed E-state index contributed by atoms with van der Waals surface area (Å²) in [5.74, 6) is 0. The van der Waals surface area contributed by atoms with E-state index in [1.165, 1.54) is 41.5 Å². The lowest BCUT2D eigenvalue weighted by Crippen LogP contribution is -2.44. The Bertz CT molecular complexity index is 372. The molecule has 0 bridgehead atoms. The fourth-order valence-electron chi connectivity index (χ4n) is 2.74. The summed E-state index contributed by atoms with van der Waals surface area (Å²) < 4.78 is 1.22. The summed E-state index contributed by atoms with van der Waals surface area (Å²) in [7, 11) is 2.19. The SMILES string of the molecule is CN(CCC1(N)CCCCC1)Cc1csc(Br)c1.